The minimum absolute atomic E-state index is 0.0396. The highest BCUT2D eigenvalue weighted by Gasteiger charge is 2.14. The predicted molar refractivity (Wildman–Crippen MR) is 69.4 cm³/mol. The van der Waals surface area contributed by atoms with E-state index in [1.54, 1.807) is 12.3 Å². The first-order chi connectivity index (χ1) is 8.77. The van der Waals surface area contributed by atoms with Crippen molar-refractivity contribution in [1.29, 1.82) is 0 Å². The van der Waals surface area contributed by atoms with Gasteiger partial charge in [-0.25, -0.2) is 4.39 Å². The van der Waals surface area contributed by atoms with Gasteiger partial charge >= 0.3 is 0 Å². The molecule has 0 bridgehead atoms. The summed E-state index contributed by atoms with van der Waals surface area (Å²) in [6, 6.07) is 3.10. The first-order valence-electron chi connectivity index (χ1n) is 6.30. The van der Waals surface area contributed by atoms with E-state index in [2.05, 4.69) is 11.9 Å². The molecule has 1 heterocycles. The number of unbranched alkanes of at least 4 members (excludes halogenated alkanes) is 1. The smallest absolute Gasteiger partial charge is 0.165 e. The summed E-state index contributed by atoms with van der Waals surface area (Å²) in [4.78, 5) is 3.07. The Bertz CT molecular complexity index is 522. The zero-order valence-electron chi connectivity index (χ0n) is 10.5. The fourth-order valence-electron chi connectivity index (χ4n) is 2.01. The van der Waals surface area contributed by atoms with Gasteiger partial charge in [-0.2, -0.15) is 0 Å². The van der Waals surface area contributed by atoms with Crippen LogP contribution in [0.3, 0.4) is 0 Å². The normalized spacial score (nSPS) is 11.1. The molecule has 1 aromatic heterocycles. The highest BCUT2D eigenvalue weighted by atomic mass is 19.1. The summed E-state index contributed by atoms with van der Waals surface area (Å²) >= 11 is 0. The number of aromatic amines is 1. The number of hydrogen-bond acceptors (Lipinski definition) is 2. The molecule has 0 amide bonds. The van der Waals surface area contributed by atoms with Gasteiger partial charge in [0, 0.05) is 23.7 Å². The van der Waals surface area contributed by atoms with E-state index in [9.17, 15) is 4.39 Å². The molecule has 0 unspecified atom stereocenters. The van der Waals surface area contributed by atoms with Crippen LogP contribution >= 0.6 is 0 Å². The zero-order chi connectivity index (χ0) is 13.0. The van der Waals surface area contributed by atoms with E-state index in [1.165, 1.54) is 6.07 Å². The van der Waals surface area contributed by atoms with Crippen LogP contribution < -0.4 is 4.74 Å². The largest absolute Gasteiger partial charge is 0.490 e. The molecule has 0 radical (unpaired) electrons. The molecule has 2 aromatic rings. The number of aliphatic hydroxyl groups excluding tert-OH is 1. The molecule has 0 aliphatic heterocycles. The van der Waals surface area contributed by atoms with E-state index < -0.39 is 0 Å². The molecule has 0 saturated heterocycles. The first kappa shape index (κ1) is 12.9. The maximum atomic E-state index is 13.8. The van der Waals surface area contributed by atoms with Crippen LogP contribution in [-0.2, 0) is 6.42 Å². The van der Waals surface area contributed by atoms with Gasteiger partial charge in [0.15, 0.2) is 11.6 Å². The number of aliphatic hydroxyl groups is 1. The van der Waals surface area contributed by atoms with Crippen molar-refractivity contribution in [2.24, 2.45) is 0 Å². The Morgan fingerprint density at radius 1 is 1.39 bits per heavy atom. The molecule has 0 aliphatic rings. The van der Waals surface area contributed by atoms with E-state index in [0.29, 0.717) is 18.8 Å². The lowest BCUT2D eigenvalue weighted by Gasteiger charge is -2.09. The number of ether oxygens (including phenoxy) is 1. The zero-order valence-corrected chi connectivity index (χ0v) is 10.5. The van der Waals surface area contributed by atoms with Gasteiger partial charge < -0.3 is 14.8 Å². The minimum Gasteiger partial charge on any atom is -0.490 e. The molecule has 0 saturated carbocycles. The second-order valence-corrected chi connectivity index (χ2v) is 4.29. The first-order valence-corrected chi connectivity index (χ1v) is 6.30. The average Bonchev–Trinajstić information content (AvgIpc) is 2.76. The third-order valence-electron chi connectivity index (χ3n) is 2.96. The second-order valence-electron chi connectivity index (χ2n) is 4.29. The lowest BCUT2D eigenvalue weighted by molar-refractivity contribution is 0.295. The summed E-state index contributed by atoms with van der Waals surface area (Å²) in [7, 11) is 0. The number of rotatable bonds is 6. The summed E-state index contributed by atoms with van der Waals surface area (Å²) in [5.41, 5.74) is 1.73. The van der Waals surface area contributed by atoms with Crippen LogP contribution in [0.25, 0.3) is 10.9 Å². The van der Waals surface area contributed by atoms with Gasteiger partial charge in [-0.05, 0) is 30.5 Å². The number of hydrogen-bond donors (Lipinski definition) is 2. The van der Waals surface area contributed by atoms with Crippen molar-refractivity contribution in [2.75, 3.05) is 13.2 Å². The average molecular weight is 251 g/mol. The highest BCUT2D eigenvalue weighted by Crippen LogP contribution is 2.32. The Kier molecular flexibility index (Phi) is 4.20. The van der Waals surface area contributed by atoms with Crippen LogP contribution in [0, 0.1) is 5.82 Å². The molecule has 0 spiro atoms. The Morgan fingerprint density at radius 3 is 2.94 bits per heavy atom. The Hall–Kier alpha value is -1.55. The summed E-state index contributed by atoms with van der Waals surface area (Å²) in [6.45, 7) is 2.61. The molecule has 4 heteroatoms. The Labute approximate surface area is 106 Å². The molecule has 2 rings (SSSR count). The van der Waals surface area contributed by atoms with Crippen LogP contribution in [0.5, 0.6) is 5.75 Å². The van der Waals surface area contributed by atoms with Crippen LogP contribution in [-0.4, -0.2) is 23.3 Å². The van der Waals surface area contributed by atoms with Crippen LogP contribution in [0.2, 0.25) is 0 Å². The summed E-state index contributed by atoms with van der Waals surface area (Å²) in [5.74, 6) is -0.0527. The van der Waals surface area contributed by atoms with Crippen molar-refractivity contribution >= 4 is 10.9 Å². The lowest BCUT2D eigenvalue weighted by atomic mass is 10.1. The van der Waals surface area contributed by atoms with Gasteiger partial charge in [-0.1, -0.05) is 13.3 Å². The molecule has 18 heavy (non-hydrogen) atoms. The van der Waals surface area contributed by atoms with Crippen molar-refractivity contribution in [3.05, 3.63) is 29.7 Å². The summed E-state index contributed by atoms with van der Waals surface area (Å²) in [5, 5.41) is 9.77. The molecule has 1 aromatic carbocycles. The Balaban J connectivity index is 2.40. The van der Waals surface area contributed by atoms with Crippen molar-refractivity contribution in [3.63, 3.8) is 0 Å². The van der Waals surface area contributed by atoms with Crippen molar-refractivity contribution in [2.45, 2.75) is 26.2 Å². The van der Waals surface area contributed by atoms with E-state index >= 15 is 0 Å². The summed E-state index contributed by atoms with van der Waals surface area (Å²) < 4.78 is 19.4. The van der Waals surface area contributed by atoms with Gasteiger partial charge in [0.2, 0.25) is 0 Å². The molecule has 0 aliphatic carbocycles. The molecule has 2 N–H and O–H groups in total. The van der Waals surface area contributed by atoms with Crippen molar-refractivity contribution in [3.8, 4) is 5.75 Å². The van der Waals surface area contributed by atoms with Gasteiger partial charge in [0.1, 0.15) is 0 Å². The number of fused-ring (bicyclic) bond motifs is 1. The fourth-order valence-corrected chi connectivity index (χ4v) is 2.01. The molecule has 0 atom stereocenters. The van der Waals surface area contributed by atoms with E-state index in [0.717, 1.165) is 29.3 Å². The molecule has 3 nitrogen and oxygen atoms in total. The van der Waals surface area contributed by atoms with Crippen LogP contribution in [0.15, 0.2) is 18.3 Å². The van der Waals surface area contributed by atoms with E-state index in [1.807, 2.05) is 0 Å². The second kappa shape index (κ2) is 5.87. The maximum absolute atomic E-state index is 13.8. The van der Waals surface area contributed by atoms with Gasteiger partial charge in [-0.15, -0.1) is 0 Å². The molecule has 98 valence electrons. The van der Waals surface area contributed by atoms with Crippen molar-refractivity contribution in [1.82, 2.24) is 4.98 Å². The lowest BCUT2D eigenvalue weighted by Crippen LogP contribution is -2.00. The number of halogens is 1. The maximum Gasteiger partial charge on any atom is 0.165 e. The highest BCUT2D eigenvalue weighted by molar-refractivity contribution is 5.89. The molecular formula is C14H18FNO2. The number of benzene rings is 1. The minimum atomic E-state index is -0.350. The third kappa shape index (κ3) is 2.48. The Morgan fingerprint density at radius 2 is 2.22 bits per heavy atom. The van der Waals surface area contributed by atoms with Crippen LogP contribution in [0.4, 0.5) is 4.39 Å². The van der Waals surface area contributed by atoms with Gasteiger partial charge in [-0.3, -0.25) is 0 Å². The number of H-pyrrole nitrogens is 1. The predicted octanol–water partition coefficient (Wildman–Crippen LogP) is 3.02. The quantitative estimate of drug-likeness (QED) is 0.775. The van der Waals surface area contributed by atoms with Crippen LogP contribution in [0.1, 0.15) is 25.3 Å². The van der Waals surface area contributed by atoms with E-state index in [4.69, 9.17) is 9.84 Å². The standard InChI is InChI=1S/C14H18FNO2/c1-2-3-8-18-14-11(15)4-5-12-13(14)10(6-7-17)9-16-12/h4-5,9,16-17H,2-3,6-8H2,1H3. The monoisotopic (exact) mass is 251 g/mol. The van der Waals surface area contributed by atoms with Gasteiger partial charge in [0.25, 0.3) is 0 Å². The van der Waals surface area contributed by atoms with E-state index in [-0.39, 0.29) is 12.4 Å². The number of nitrogens with one attached hydrogen (secondary N) is 1. The number of aromatic nitrogens is 1. The summed E-state index contributed by atoms with van der Waals surface area (Å²) in [6.07, 6.45) is 4.20. The molecule has 0 fully saturated rings. The molecular weight excluding hydrogens is 233 g/mol. The fraction of sp³-hybridized carbons (Fsp3) is 0.429. The topological polar surface area (TPSA) is 45.2 Å². The van der Waals surface area contributed by atoms with Crippen molar-refractivity contribution < 1.29 is 14.2 Å². The third-order valence-corrected chi connectivity index (χ3v) is 2.96. The van der Waals surface area contributed by atoms with Gasteiger partial charge in [0.05, 0.1) is 6.61 Å². The SMILES string of the molecule is CCCCOc1c(F)ccc2[nH]cc(CCO)c12.